The summed E-state index contributed by atoms with van der Waals surface area (Å²) in [5.74, 6) is 0.710. The van der Waals surface area contributed by atoms with Crippen LogP contribution < -0.4 is 11.5 Å². The summed E-state index contributed by atoms with van der Waals surface area (Å²) in [5.41, 5.74) is 13.3. The van der Waals surface area contributed by atoms with Crippen molar-refractivity contribution in [1.82, 2.24) is 4.90 Å². The van der Waals surface area contributed by atoms with Crippen molar-refractivity contribution in [3.05, 3.63) is 29.3 Å². The number of thioether (sulfide) groups is 1. The zero-order valence-electron chi connectivity index (χ0n) is 11.8. The summed E-state index contributed by atoms with van der Waals surface area (Å²) in [6.07, 6.45) is 3.27. The molecular weight excluding hydrogens is 258 g/mol. The lowest BCUT2D eigenvalue weighted by atomic mass is 10.1. The maximum absolute atomic E-state index is 11.1. The van der Waals surface area contributed by atoms with E-state index in [2.05, 4.69) is 25.1 Å². The van der Waals surface area contributed by atoms with Gasteiger partial charge in [0.05, 0.1) is 0 Å². The lowest BCUT2D eigenvalue weighted by molar-refractivity contribution is 0.100. The van der Waals surface area contributed by atoms with E-state index in [0.29, 0.717) is 17.3 Å². The summed E-state index contributed by atoms with van der Waals surface area (Å²) in [7, 11) is 2.09. The minimum Gasteiger partial charge on any atom is -0.398 e. The normalized spacial score (nSPS) is 12.6. The third-order valence-electron chi connectivity index (χ3n) is 3.34. The second kappa shape index (κ2) is 7.40. The molecule has 1 amide bonds. The number of rotatable bonds is 7. The molecule has 4 N–H and O–H groups in total. The number of carbonyl (C=O) groups excluding carboxylic acids is 1. The molecule has 0 fully saturated rings. The largest absolute Gasteiger partial charge is 0.398 e. The van der Waals surface area contributed by atoms with Crippen LogP contribution in [0.5, 0.6) is 0 Å². The fourth-order valence-corrected chi connectivity index (χ4v) is 2.40. The Morgan fingerprint density at radius 2 is 2.16 bits per heavy atom. The third kappa shape index (κ3) is 4.76. The highest BCUT2D eigenvalue weighted by Crippen LogP contribution is 2.18. The lowest BCUT2D eigenvalue weighted by Crippen LogP contribution is -2.29. The number of amides is 1. The van der Waals surface area contributed by atoms with E-state index < -0.39 is 5.91 Å². The third-order valence-corrected chi connectivity index (χ3v) is 3.99. The molecule has 0 saturated heterocycles. The van der Waals surface area contributed by atoms with Crippen molar-refractivity contribution in [1.29, 1.82) is 0 Å². The van der Waals surface area contributed by atoms with Gasteiger partial charge in [-0.1, -0.05) is 6.07 Å². The molecule has 1 rings (SSSR count). The van der Waals surface area contributed by atoms with Gasteiger partial charge in [-0.15, -0.1) is 0 Å². The van der Waals surface area contributed by atoms with Gasteiger partial charge in [-0.25, -0.2) is 0 Å². The van der Waals surface area contributed by atoms with Crippen LogP contribution in [0.2, 0.25) is 0 Å². The summed E-state index contributed by atoms with van der Waals surface area (Å²) < 4.78 is 0. The highest BCUT2D eigenvalue weighted by molar-refractivity contribution is 7.98. The lowest BCUT2D eigenvalue weighted by Gasteiger charge is -2.25. The van der Waals surface area contributed by atoms with Crippen molar-refractivity contribution in [3.8, 4) is 0 Å². The molecule has 0 aromatic heterocycles. The van der Waals surface area contributed by atoms with Gasteiger partial charge in [0.2, 0.25) is 5.91 Å². The minimum absolute atomic E-state index is 0.444. The molecule has 4 nitrogen and oxygen atoms in total. The van der Waals surface area contributed by atoms with Crippen molar-refractivity contribution in [2.45, 2.75) is 25.9 Å². The number of hydrogen-bond donors (Lipinski definition) is 2. The Labute approximate surface area is 119 Å². The van der Waals surface area contributed by atoms with Crippen molar-refractivity contribution in [2.24, 2.45) is 5.73 Å². The molecule has 19 heavy (non-hydrogen) atoms. The number of hydrogen-bond acceptors (Lipinski definition) is 4. The first-order chi connectivity index (χ1) is 8.95. The number of nitrogen functional groups attached to an aromatic ring is 1. The number of benzene rings is 1. The number of carbonyl (C=O) groups is 1. The van der Waals surface area contributed by atoms with Crippen LogP contribution in [0.25, 0.3) is 0 Å². The second-order valence-corrected chi connectivity index (χ2v) is 5.81. The monoisotopic (exact) mass is 281 g/mol. The number of nitrogens with zero attached hydrogens (tertiary/aromatic N) is 1. The van der Waals surface area contributed by atoms with Gasteiger partial charge in [-0.3, -0.25) is 9.69 Å². The van der Waals surface area contributed by atoms with Crippen LogP contribution in [0, 0.1) is 0 Å². The Balaban J connectivity index is 2.69. The summed E-state index contributed by atoms with van der Waals surface area (Å²) in [6, 6.07) is 5.77. The fourth-order valence-electron chi connectivity index (χ4n) is 1.83. The Morgan fingerprint density at radius 3 is 2.68 bits per heavy atom. The first-order valence-electron chi connectivity index (χ1n) is 6.33. The number of primary amides is 1. The molecule has 106 valence electrons. The Morgan fingerprint density at radius 1 is 1.47 bits per heavy atom. The first-order valence-corrected chi connectivity index (χ1v) is 7.72. The van der Waals surface area contributed by atoms with Crippen LogP contribution in [0.4, 0.5) is 5.69 Å². The van der Waals surface area contributed by atoms with Gasteiger partial charge in [0.25, 0.3) is 0 Å². The predicted octanol–water partition coefficient (Wildman–Crippen LogP) is 1.94. The van der Waals surface area contributed by atoms with Gasteiger partial charge in [-0.2, -0.15) is 11.8 Å². The van der Waals surface area contributed by atoms with E-state index in [1.807, 2.05) is 17.8 Å². The van der Waals surface area contributed by atoms with Crippen LogP contribution in [-0.4, -0.2) is 35.9 Å². The SMILES string of the molecule is CSCCC(C)N(C)Cc1ccc(C(N)=O)cc1N. The van der Waals surface area contributed by atoms with E-state index in [0.717, 1.165) is 24.3 Å². The van der Waals surface area contributed by atoms with Gasteiger partial charge < -0.3 is 11.5 Å². The molecule has 0 spiro atoms. The maximum atomic E-state index is 11.1. The first kappa shape index (κ1) is 15.9. The van der Waals surface area contributed by atoms with Crippen LogP contribution in [-0.2, 0) is 6.54 Å². The zero-order valence-corrected chi connectivity index (χ0v) is 12.7. The van der Waals surface area contributed by atoms with Crippen molar-refractivity contribution >= 4 is 23.4 Å². The standard InChI is InChI=1S/C14H23N3OS/c1-10(6-7-19-3)17(2)9-12-5-4-11(14(16)18)8-13(12)15/h4-5,8,10H,6-7,9,15H2,1-3H3,(H2,16,18). The Hall–Kier alpha value is -1.20. The van der Waals surface area contributed by atoms with E-state index in [9.17, 15) is 4.79 Å². The molecule has 0 saturated carbocycles. The van der Waals surface area contributed by atoms with Crippen molar-refractivity contribution < 1.29 is 4.79 Å². The molecule has 1 aromatic carbocycles. The highest BCUT2D eigenvalue weighted by atomic mass is 32.2. The van der Waals surface area contributed by atoms with E-state index in [1.54, 1.807) is 12.1 Å². The number of anilines is 1. The second-order valence-electron chi connectivity index (χ2n) is 4.82. The molecule has 1 aromatic rings. The van der Waals surface area contributed by atoms with Gasteiger partial charge in [0.15, 0.2) is 0 Å². The maximum Gasteiger partial charge on any atom is 0.248 e. The molecule has 0 aliphatic heterocycles. The molecule has 0 aliphatic rings. The summed E-state index contributed by atoms with van der Waals surface area (Å²) in [6.45, 7) is 2.99. The quantitative estimate of drug-likeness (QED) is 0.749. The minimum atomic E-state index is -0.444. The van der Waals surface area contributed by atoms with Crippen molar-refractivity contribution in [2.75, 3.05) is 24.8 Å². The fraction of sp³-hybridized carbons (Fsp3) is 0.500. The van der Waals surface area contributed by atoms with Gasteiger partial charge in [0.1, 0.15) is 0 Å². The molecular formula is C14H23N3OS. The summed E-state index contributed by atoms with van der Waals surface area (Å²) >= 11 is 1.86. The predicted molar refractivity (Wildman–Crippen MR) is 83.3 cm³/mol. The van der Waals surface area contributed by atoms with Crippen LogP contribution in [0.15, 0.2) is 18.2 Å². The summed E-state index contributed by atoms with van der Waals surface area (Å²) in [4.78, 5) is 13.3. The van der Waals surface area contributed by atoms with Gasteiger partial charge in [0, 0.05) is 23.8 Å². The van der Waals surface area contributed by atoms with Crippen LogP contribution in [0.3, 0.4) is 0 Å². The Bertz CT molecular complexity index is 437. The van der Waals surface area contributed by atoms with Gasteiger partial charge >= 0.3 is 0 Å². The average Bonchev–Trinajstić information content (AvgIpc) is 2.37. The smallest absolute Gasteiger partial charge is 0.248 e. The molecule has 0 radical (unpaired) electrons. The van der Waals surface area contributed by atoms with E-state index in [4.69, 9.17) is 11.5 Å². The van der Waals surface area contributed by atoms with E-state index in [1.165, 1.54) is 0 Å². The topological polar surface area (TPSA) is 72.3 Å². The van der Waals surface area contributed by atoms with Gasteiger partial charge in [-0.05, 0) is 50.1 Å². The molecule has 5 heteroatoms. The van der Waals surface area contributed by atoms with E-state index in [-0.39, 0.29) is 0 Å². The zero-order chi connectivity index (χ0) is 14.4. The molecule has 1 unspecified atom stereocenters. The molecule has 1 atom stereocenters. The van der Waals surface area contributed by atoms with Crippen molar-refractivity contribution in [3.63, 3.8) is 0 Å². The molecule has 0 bridgehead atoms. The molecule has 0 aliphatic carbocycles. The average molecular weight is 281 g/mol. The van der Waals surface area contributed by atoms with E-state index >= 15 is 0 Å². The highest BCUT2D eigenvalue weighted by Gasteiger charge is 2.11. The van der Waals surface area contributed by atoms with Crippen LogP contribution in [0.1, 0.15) is 29.3 Å². The Kier molecular flexibility index (Phi) is 6.18. The summed E-state index contributed by atoms with van der Waals surface area (Å²) in [5, 5.41) is 0. The molecule has 0 heterocycles. The van der Waals surface area contributed by atoms with Crippen LogP contribution >= 0.6 is 11.8 Å². The number of nitrogens with two attached hydrogens (primary N) is 2.